The number of carbonyl (C=O) groups excluding carboxylic acids is 1. The number of hydrogen-bond acceptors (Lipinski definition) is 2. The molecular weight excluding hydrogens is 372 g/mol. The van der Waals surface area contributed by atoms with Crippen molar-refractivity contribution in [2.24, 2.45) is 0 Å². The largest absolute Gasteiger partial charge is 0.453 e. The van der Waals surface area contributed by atoms with Gasteiger partial charge in [-0.1, -0.05) is 41.9 Å². The highest BCUT2D eigenvalue weighted by molar-refractivity contribution is 6.31. The topological polar surface area (TPSA) is 38.3 Å². The van der Waals surface area contributed by atoms with E-state index in [0.717, 1.165) is 17.7 Å². The number of benzene rings is 3. The predicted octanol–water partition coefficient (Wildman–Crippen LogP) is 5.90. The van der Waals surface area contributed by atoms with Gasteiger partial charge in [-0.2, -0.15) is 0 Å². The zero-order chi connectivity index (χ0) is 19.4. The second-order valence-electron chi connectivity index (χ2n) is 5.92. The van der Waals surface area contributed by atoms with Crippen molar-refractivity contribution in [1.82, 2.24) is 5.32 Å². The summed E-state index contributed by atoms with van der Waals surface area (Å²) in [5.41, 5.74) is 1.08. The van der Waals surface area contributed by atoms with E-state index in [-0.39, 0.29) is 23.1 Å². The molecule has 0 aromatic heterocycles. The summed E-state index contributed by atoms with van der Waals surface area (Å²) >= 11 is 6.01. The van der Waals surface area contributed by atoms with Crippen LogP contribution >= 0.6 is 11.6 Å². The smallest absolute Gasteiger partial charge is 0.255 e. The zero-order valence-corrected chi connectivity index (χ0v) is 15.1. The van der Waals surface area contributed by atoms with Gasteiger partial charge < -0.3 is 10.1 Å². The first-order chi connectivity index (χ1) is 12.9. The van der Waals surface area contributed by atoms with E-state index in [9.17, 15) is 13.6 Å². The highest BCUT2D eigenvalue weighted by Gasteiger charge is 2.18. The van der Waals surface area contributed by atoms with Crippen LogP contribution in [0.3, 0.4) is 0 Å². The van der Waals surface area contributed by atoms with Crippen LogP contribution in [0.25, 0.3) is 0 Å². The molecule has 1 amide bonds. The standard InChI is InChI=1S/C21H16ClF2NO2/c1-13(14-5-3-2-4-6-14)25-21(26)17-11-15(22)7-9-19(17)27-20-10-8-16(23)12-18(20)24/h2-13H,1H3,(H,25,26)/t13-/m0/s1. The lowest BCUT2D eigenvalue weighted by Crippen LogP contribution is -2.27. The molecular formula is C21H16ClF2NO2. The number of carbonyl (C=O) groups is 1. The number of ether oxygens (including phenoxy) is 1. The van der Waals surface area contributed by atoms with E-state index < -0.39 is 17.5 Å². The normalized spacial score (nSPS) is 11.7. The van der Waals surface area contributed by atoms with Crippen LogP contribution in [0.15, 0.2) is 66.7 Å². The highest BCUT2D eigenvalue weighted by Crippen LogP contribution is 2.30. The minimum Gasteiger partial charge on any atom is -0.453 e. The van der Waals surface area contributed by atoms with Crippen LogP contribution in [0.1, 0.15) is 28.9 Å². The van der Waals surface area contributed by atoms with Gasteiger partial charge in [0.15, 0.2) is 11.6 Å². The second-order valence-corrected chi connectivity index (χ2v) is 6.36. The first-order valence-electron chi connectivity index (χ1n) is 8.22. The summed E-state index contributed by atoms with van der Waals surface area (Å²) in [6, 6.07) is 16.6. The minimum atomic E-state index is -0.867. The van der Waals surface area contributed by atoms with Gasteiger partial charge in [0, 0.05) is 11.1 Å². The molecule has 0 unspecified atom stereocenters. The molecule has 3 aromatic carbocycles. The molecule has 27 heavy (non-hydrogen) atoms. The summed E-state index contributed by atoms with van der Waals surface area (Å²) in [7, 11) is 0. The van der Waals surface area contributed by atoms with E-state index in [1.165, 1.54) is 18.2 Å². The molecule has 3 nitrogen and oxygen atoms in total. The molecule has 0 heterocycles. The Morgan fingerprint density at radius 1 is 1.00 bits per heavy atom. The van der Waals surface area contributed by atoms with Crippen molar-refractivity contribution in [3.05, 3.63) is 94.5 Å². The Balaban J connectivity index is 1.86. The average Bonchev–Trinajstić information content (AvgIpc) is 2.65. The average molecular weight is 388 g/mol. The molecule has 0 bridgehead atoms. The minimum absolute atomic E-state index is 0.114. The highest BCUT2D eigenvalue weighted by atomic mass is 35.5. The van der Waals surface area contributed by atoms with Gasteiger partial charge in [-0.3, -0.25) is 4.79 Å². The molecule has 6 heteroatoms. The van der Waals surface area contributed by atoms with Crippen molar-refractivity contribution in [2.45, 2.75) is 13.0 Å². The van der Waals surface area contributed by atoms with Crippen LogP contribution in [-0.4, -0.2) is 5.91 Å². The molecule has 0 saturated heterocycles. The monoisotopic (exact) mass is 387 g/mol. The van der Waals surface area contributed by atoms with Gasteiger partial charge in [0.1, 0.15) is 11.6 Å². The molecule has 0 fully saturated rings. The maximum atomic E-state index is 13.9. The molecule has 3 rings (SSSR count). The van der Waals surface area contributed by atoms with E-state index in [1.54, 1.807) is 0 Å². The molecule has 0 aliphatic carbocycles. The first kappa shape index (κ1) is 18.9. The Labute approximate surface area is 160 Å². The zero-order valence-electron chi connectivity index (χ0n) is 14.4. The Bertz CT molecular complexity index is 964. The molecule has 0 aliphatic rings. The van der Waals surface area contributed by atoms with Gasteiger partial charge >= 0.3 is 0 Å². The maximum Gasteiger partial charge on any atom is 0.255 e. The van der Waals surface area contributed by atoms with Crippen molar-refractivity contribution in [2.75, 3.05) is 0 Å². The molecule has 138 valence electrons. The fraction of sp³-hybridized carbons (Fsp3) is 0.0952. The summed E-state index contributed by atoms with van der Waals surface area (Å²) in [4.78, 5) is 12.7. The number of nitrogens with one attached hydrogen (secondary N) is 1. The van der Waals surface area contributed by atoms with Gasteiger partial charge in [-0.05, 0) is 42.8 Å². The first-order valence-corrected chi connectivity index (χ1v) is 8.60. The number of hydrogen-bond donors (Lipinski definition) is 1. The third-order valence-electron chi connectivity index (χ3n) is 3.95. The summed E-state index contributed by atoms with van der Waals surface area (Å²) in [6.45, 7) is 1.85. The second kappa shape index (κ2) is 8.18. The van der Waals surface area contributed by atoms with Crippen LogP contribution in [0.4, 0.5) is 8.78 Å². The lowest BCUT2D eigenvalue weighted by atomic mass is 10.1. The molecule has 1 atom stereocenters. The van der Waals surface area contributed by atoms with Gasteiger partial charge in [0.05, 0.1) is 11.6 Å². The van der Waals surface area contributed by atoms with E-state index in [2.05, 4.69) is 5.32 Å². The predicted molar refractivity (Wildman–Crippen MR) is 100 cm³/mol. The van der Waals surface area contributed by atoms with E-state index in [0.29, 0.717) is 11.1 Å². The number of amides is 1. The summed E-state index contributed by atoms with van der Waals surface area (Å²) in [6.07, 6.45) is 0. The Morgan fingerprint density at radius 3 is 2.41 bits per heavy atom. The van der Waals surface area contributed by atoms with Crippen LogP contribution in [0.2, 0.25) is 5.02 Å². The van der Waals surface area contributed by atoms with E-state index >= 15 is 0 Å². The molecule has 1 N–H and O–H groups in total. The summed E-state index contributed by atoms with van der Waals surface area (Å²) < 4.78 is 32.5. The van der Waals surface area contributed by atoms with E-state index in [1.807, 2.05) is 37.3 Å². The van der Waals surface area contributed by atoms with Crippen molar-refractivity contribution in [1.29, 1.82) is 0 Å². The Kier molecular flexibility index (Phi) is 5.72. The van der Waals surface area contributed by atoms with Gasteiger partial charge in [-0.25, -0.2) is 8.78 Å². The van der Waals surface area contributed by atoms with Gasteiger partial charge in [-0.15, -0.1) is 0 Å². The van der Waals surface area contributed by atoms with Crippen LogP contribution < -0.4 is 10.1 Å². The molecule has 0 radical (unpaired) electrons. The Hall–Kier alpha value is -2.92. The summed E-state index contributed by atoms with van der Waals surface area (Å²) in [5, 5.41) is 3.19. The molecule has 3 aromatic rings. The quantitative estimate of drug-likeness (QED) is 0.591. The van der Waals surface area contributed by atoms with Crippen molar-refractivity contribution in [3.8, 4) is 11.5 Å². The maximum absolute atomic E-state index is 13.9. The van der Waals surface area contributed by atoms with Crippen LogP contribution in [-0.2, 0) is 0 Å². The van der Waals surface area contributed by atoms with Crippen LogP contribution in [0.5, 0.6) is 11.5 Å². The lowest BCUT2D eigenvalue weighted by molar-refractivity contribution is 0.0937. The van der Waals surface area contributed by atoms with Crippen LogP contribution in [0, 0.1) is 11.6 Å². The van der Waals surface area contributed by atoms with E-state index in [4.69, 9.17) is 16.3 Å². The number of halogens is 3. The summed E-state index contributed by atoms with van der Waals surface area (Å²) in [5.74, 6) is -2.09. The number of rotatable bonds is 5. The fourth-order valence-electron chi connectivity index (χ4n) is 2.54. The van der Waals surface area contributed by atoms with Crippen molar-refractivity contribution in [3.63, 3.8) is 0 Å². The third kappa shape index (κ3) is 4.63. The SMILES string of the molecule is C[C@H](NC(=O)c1cc(Cl)ccc1Oc1ccc(F)cc1F)c1ccccc1. The fourth-order valence-corrected chi connectivity index (χ4v) is 2.72. The van der Waals surface area contributed by atoms with Gasteiger partial charge in [0.2, 0.25) is 0 Å². The van der Waals surface area contributed by atoms with Crippen molar-refractivity contribution >= 4 is 17.5 Å². The molecule has 0 saturated carbocycles. The molecule has 0 aliphatic heterocycles. The third-order valence-corrected chi connectivity index (χ3v) is 4.18. The lowest BCUT2D eigenvalue weighted by Gasteiger charge is -2.17. The molecule has 0 spiro atoms. The van der Waals surface area contributed by atoms with Crippen molar-refractivity contribution < 1.29 is 18.3 Å². The van der Waals surface area contributed by atoms with Gasteiger partial charge in [0.25, 0.3) is 5.91 Å². The Morgan fingerprint density at radius 2 is 1.70 bits per heavy atom.